The lowest BCUT2D eigenvalue weighted by Crippen LogP contribution is -2.15. The summed E-state index contributed by atoms with van der Waals surface area (Å²) in [5.41, 5.74) is 5.31. The normalized spacial score (nSPS) is 18.8. The first-order valence-electron chi connectivity index (χ1n) is 2.73. The highest BCUT2D eigenvalue weighted by atomic mass is 15.3. The predicted molar refractivity (Wildman–Crippen MR) is 34.9 cm³/mol. The van der Waals surface area contributed by atoms with Gasteiger partial charge in [-0.3, -0.25) is 0 Å². The summed E-state index contributed by atoms with van der Waals surface area (Å²) >= 11 is 0. The Hall–Kier alpha value is -0.790. The average Bonchev–Trinajstić information content (AvgIpc) is 1.64. The predicted octanol–water partition coefficient (Wildman–Crippen LogP) is 0.912. The van der Waals surface area contributed by atoms with Crippen LogP contribution in [0.1, 0.15) is 13.8 Å². The van der Waals surface area contributed by atoms with E-state index in [-0.39, 0.29) is 0 Å². The summed E-state index contributed by atoms with van der Waals surface area (Å²) in [6.07, 6.45) is 2.08. The van der Waals surface area contributed by atoms with Crippen LogP contribution in [-0.4, -0.2) is 12.3 Å². The van der Waals surface area contributed by atoms with Gasteiger partial charge in [-0.25, -0.2) is 0 Å². The van der Waals surface area contributed by atoms with Crippen molar-refractivity contribution >= 4 is 5.71 Å². The minimum atomic E-state index is 0.900. The summed E-state index contributed by atoms with van der Waals surface area (Å²) in [6.45, 7) is 4.97. The summed E-state index contributed by atoms with van der Waals surface area (Å²) in [5.74, 6) is 0. The Morgan fingerprint density at radius 1 is 1.62 bits per heavy atom. The largest absolute Gasteiger partial charge is 0.306 e. The van der Waals surface area contributed by atoms with E-state index in [0.717, 1.165) is 12.3 Å². The fourth-order valence-corrected chi connectivity index (χ4v) is 0.729. The van der Waals surface area contributed by atoms with Gasteiger partial charge in [0.2, 0.25) is 0 Å². The minimum Gasteiger partial charge on any atom is -0.306 e. The maximum atomic E-state index is 3.97. The second-order valence-electron chi connectivity index (χ2n) is 2.08. The summed E-state index contributed by atoms with van der Waals surface area (Å²) in [4.78, 5) is 0. The number of nitrogens with one attached hydrogen (secondary N) is 1. The van der Waals surface area contributed by atoms with Crippen LogP contribution in [0, 0.1) is 0 Å². The monoisotopic (exact) mass is 110 g/mol. The van der Waals surface area contributed by atoms with E-state index in [1.54, 1.807) is 0 Å². The molecule has 0 amide bonds. The highest BCUT2D eigenvalue weighted by Gasteiger charge is 1.94. The van der Waals surface area contributed by atoms with Crippen molar-refractivity contribution in [3.8, 4) is 0 Å². The highest BCUT2D eigenvalue weighted by Crippen LogP contribution is 1.95. The number of hydrogen-bond acceptors (Lipinski definition) is 2. The molecule has 2 heteroatoms. The van der Waals surface area contributed by atoms with Crippen LogP contribution in [0.25, 0.3) is 0 Å². The molecule has 0 saturated heterocycles. The SMILES string of the molecule is CC1=CC(C)=NNC1. The van der Waals surface area contributed by atoms with Crippen molar-refractivity contribution in [3.05, 3.63) is 11.6 Å². The number of hydrogen-bond donors (Lipinski definition) is 1. The van der Waals surface area contributed by atoms with E-state index >= 15 is 0 Å². The lowest BCUT2D eigenvalue weighted by Gasteiger charge is -2.06. The van der Waals surface area contributed by atoms with Gasteiger partial charge >= 0.3 is 0 Å². The molecule has 0 fully saturated rings. The van der Waals surface area contributed by atoms with Crippen LogP contribution >= 0.6 is 0 Å². The Kier molecular flexibility index (Phi) is 1.33. The quantitative estimate of drug-likeness (QED) is 0.492. The molecule has 44 valence electrons. The van der Waals surface area contributed by atoms with Crippen LogP contribution in [0.2, 0.25) is 0 Å². The van der Waals surface area contributed by atoms with E-state index < -0.39 is 0 Å². The first-order chi connectivity index (χ1) is 3.79. The molecule has 0 atom stereocenters. The highest BCUT2D eigenvalue weighted by molar-refractivity contribution is 5.93. The number of allylic oxidation sites excluding steroid dienone is 1. The van der Waals surface area contributed by atoms with E-state index in [1.165, 1.54) is 5.57 Å². The van der Waals surface area contributed by atoms with Crippen molar-refractivity contribution < 1.29 is 0 Å². The van der Waals surface area contributed by atoms with Gasteiger partial charge < -0.3 is 5.43 Å². The fourth-order valence-electron chi connectivity index (χ4n) is 0.729. The molecule has 0 radical (unpaired) electrons. The molecule has 0 unspecified atom stereocenters. The van der Waals surface area contributed by atoms with Crippen molar-refractivity contribution in [2.24, 2.45) is 5.10 Å². The van der Waals surface area contributed by atoms with E-state index in [4.69, 9.17) is 0 Å². The van der Waals surface area contributed by atoms with Gasteiger partial charge in [-0.2, -0.15) is 5.10 Å². The smallest absolute Gasteiger partial charge is 0.0572 e. The average molecular weight is 110 g/mol. The van der Waals surface area contributed by atoms with Crippen molar-refractivity contribution in [3.63, 3.8) is 0 Å². The molecule has 0 spiro atoms. The molecule has 1 heterocycles. The Balaban J connectivity index is 2.69. The lowest BCUT2D eigenvalue weighted by atomic mass is 10.2. The van der Waals surface area contributed by atoms with Gasteiger partial charge in [0.25, 0.3) is 0 Å². The van der Waals surface area contributed by atoms with Crippen LogP contribution in [0.5, 0.6) is 0 Å². The number of hydrazone groups is 1. The molecule has 1 aliphatic heterocycles. The van der Waals surface area contributed by atoms with Gasteiger partial charge in [0.15, 0.2) is 0 Å². The molecule has 0 aromatic carbocycles. The molecule has 1 aliphatic rings. The molecule has 0 aromatic heterocycles. The maximum absolute atomic E-state index is 3.97. The van der Waals surface area contributed by atoms with E-state index in [9.17, 15) is 0 Å². The zero-order valence-corrected chi connectivity index (χ0v) is 5.23. The molecule has 1 N–H and O–H groups in total. The van der Waals surface area contributed by atoms with Crippen molar-refractivity contribution in [2.75, 3.05) is 6.54 Å². The van der Waals surface area contributed by atoms with Gasteiger partial charge in [-0.05, 0) is 19.9 Å². The fraction of sp³-hybridized carbons (Fsp3) is 0.500. The standard InChI is InChI=1S/C6H10N2/c1-5-3-6(2)8-7-4-5/h3,7H,4H2,1-2H3. The van der Waals surface area contributed by atoms with Crippen LogP contribution < -0.4 is 5.43 Å². The van der Waals surface area contributed by atoms with Gasteiger partial charge in [0, 0.05) is 0 Å². The molecular weight excluding hydrogens is 100 g/mol. The molecule has 0 saturated carbocycles. The Labute approximate surface area is 49.3 Å². The van der Waals surface area contributed by atoms with Crippen molar-refractivity contribution in [1.82, 2.24) is 5.43 Å². The number of nitrogens with zero attached hydrogens (tertiary/aromatic N) is 1. The Bertz CT molecular complexity index is 145. The van der Waals surface area contributed by atoms with E-state index in [0.29, 0.717) is 0 Å². The second kappa shape index (κ2) is 1.99. The third kappa shape index (κ3) is 1.09. The summed E-state index contributed by atoms with van der Waals surface area (Å²) < 4.78 is 0. The molecule has 0 aliphatic carbocycles. The minimum absolute atomic E-state index is 0.900. The van der Waals surface area contributed by atoms with Crippen LogP contribution in [0.3, 0.4) is 0 Å². The van der Waals surface area contributed by atoms with Crippen LogP contribution in [0.4, 0.5) is 0 Å². The summed E-state index contributed by atoms with van der Waals surface area (Å²) in [6, 6.07) is 0. The number of rotatable bonds is 0. The topological polar surface area (TPSA) is 24.4 Å². The van der Waals surface area contributed by atoms with Gasteiger partial charge in [-0.1, -0.05) is 5.57 Å². The molecule has 0 bridgehead atoms. The lowest BCUT2D eigenvalue weighted by molar-refractivity contribution is 0.786. The summed E-state index contributed by atoms with van der Waals surface area (Å²) in [5, 5.41) is 3.97. The van der Waals surface area contributed by atoms with Gasteiger partial charge in [-0.15, -0.1) is 0 Å². The third-order valence-corrected chi connectivity index (χ3v) is 1.07. The first-order valence-corrected chi connectivity index (χ1v) is 2.73. The molecule has 2 nitrogen and oxygen atoms in total. The Morgan fingerprint density at radius 3 is 2.75 bits per heavy atom. The maximum Gasteiger partial charge on any atom is 0.0572 e. The van der Waals surface area contributed by atoms with Crippen molar-refractivity contribution in [1.29, 1.82) is 0 Å². The molecular formula is C6H10N2. The van der Waals surface area contributed by atoms with Crippen LogP contribution in [0.15, 0.2) is 16.8 Å². The zero-order valence-electron chi connectivity index (χ0n) is 5.23. The van der Waals surface area contributed by atoms with Crippen molar-refractivity contribution in [2.45, 2.75) is 13.8 Å². The van der Waals surface area contributed by atoms with E-state index in [1.807, 2.05) is 6.92 Å². The zero-order chi connectivity index (χ0) is 5.98. The van der Waals surface area contributed by atoms with Gasteiger partial charge in [0.05, 0.1) is 12.3 Å². The van der Waals surface area contributed by atoms with Crippen LogP contribution in [-0.2, 0) is 0 Å². The second-order valence-corrected chi connectivity index (χ2v) is 2.08. The third-order valence-electron chi connectivity index (χ3n) is 1.07. The summed E-state index contributed by atoms with van der Waals surface area (Å²) in [7, 11) is 0. The molecule has 1 rings (SSSR count). The van der Waals surface area contributed by atoms with E-state index in [2.05, 4.69) is 23.5 Å². The molecule has 8 heavy (non-hydrogen) atoms. The molecule has 0 aromatic rings. The Morgan fingerprint density at radius 2 is 2.38 bits per heavy atom. The van der Waals surface area contributed by atoms with Gasteiger partial charge in [0.1, 0.15) is 0 Å². The first kappa shape index (κ1) is 5.35.